The molecule has 0 radical (unpaired) electrons. The van der Waals surface area contributed by atoms with Gasteiger partial charge in [0.05, 0.1) is 18.4 Å². The molecule has 3 amide bonds. The summed E-state index contributed by atoms with van der Waals surface area (Å²) in [5.41, 5.74) is 1.41. The van der Waals surface area contributed by atoms with Crippen LogP contribution in [-0.2, 0) is 4.74 Å². The quantitative estimate of drug-likeness (QED) is 0.634. The lowest BCUT2D eigenvalue weighted by Crippen LogP contribution is -2.27. The molecule has 0 aliphatic rings. The Morgan fingerprint density at radius 2 is 1.81 bits per heavy atom. The minimum absolute atomic E-state index is 0.251. The van der Waals surface area contributed by atoms with Gasteiger partial charge in [-0.05, 0) is 30.7 Å². The number of ether oxygens (including phenoxy) is 2. The van der Waals surface area contributed by atoms with Crippen molar-refractivity contribution in [1.82, 2.24) is 5.32 Å². The summed E-state index contributed by atoms with van der Waals surface area (Å²) in [6.45, 7) is 1.07. The molecule has 0 heterocycles. The van der Waals surface area contributed by atoms with Crippen LogP contribution in [-0.4, -0.2) is 39.3 Å². The lowest BCUT2D eigenvalue weighted by Gasteiger charge is -2.12. The summed E-state index contributed by atoms with van der Waals surface area (Å²) < 4.78 is 10.1. The SMILES string of the molecule is COCCCNC(=O)c1ccccc1NC(=O)Nc1cccc(OC)c1. The van der Waals surface area contributed by atoms with E-state index in [1.807, 2.05) is 0 Å². The van der Waals surface area contributed by atoms with Gasteiger partial charge in [0.25, 0.3) is 5.91 Å². The number of urea groups is 1. The van der Waals surface area contributed by atoms with Gasteiger partial charge in [0.2, 0.25) is 0 Å². The molecule has 7 nitrogen and oxygen atoms in total. The highest BCUT2D eigenvalue weighted by molar-refractivity contribution is 6.06. The maximum absolute atomic E-state index is 12.3. The Morgan fingerprint density at radius 3 is 2.58 bits per heavy atom. The molecule has 26 heavy (non-hydrogen) atoms. The minimum atomic E-state index is -0.446. The zero-order valence-electron chi connectivity index (χ0n) is 14.9. The summed E-state index contributed by atoms with van der Waals surface area (Å²) in [5.74, 6) is 0.386. The molecular formula is C19H23N3O4. The maximum atomic E-state index is 12.3. The van der Waals surface area contributed by atoms with Crippen LogP contribution < -0.4 is 20.7 Å². The van der Waals surface area contributed by atoms with Gasteiger partial charge in [0.1, 0.15) is 5.75 Å². The molecule has 7 heteroatoms. The van der Waals surface area contributed by atoms with E-state index < -0.39 is 6.03 Å². The van der Waals surface area contributed by atoms with Crippen molar-refractivity contribution in [3.63, 3.8) is 0 Å². The average Bonchev–Trinajstić information content (AvgIpc) is 2.65. The van der Waals surface area contributed by atoms with Crippen molar-refractivity contribution >= 4 is 23.3 Å². The molecule has 3 N–H and O–H groups in total. The van der Waals surface area contributed by atoms with Crippen molar-refractivity contribution in [2.24, 2.45) is 0 Å². The maximum Gasteiger partial charge on any atom is 0.323 e. The fraction of sp³-hybridized carbons (Fsp3) is 0.263. The Balaban J connectivity index is 2.00. The molecule has 0 spiro atoms. The van der Waals surface area contributed by atoms with Crippen molar-refractivity contribution in [2.45, 2.75) is 6.42 Å². The van der Waals surface area contributed by atoms with Crippen LogP contribution in [0.25, 0.3) is 0 Å². The lowest BCUT2D eigenvalue weighted by molar-refractivity contribution is 0.0949. The first-order valence-corrected chi connectivity index (χ1v) is 8.22. The second-order valence-electron chi connectivity index (χ2n) is 5.46. The van der Waals surface area contributed by atoms with Gasteiger partial charge >= 0.3 is 6.03 Å². The highest BCUT2D eigenvalue weighted by Gasteiger charge is 2.13. The molecule has 0 atom stereocenters. The van der Waals surface area contributed by atoms with E-state index in [4.69, 9.17) is 9.47 Å². The third-order valence-electron chi connectivity index (χ3n) is 3.56. The number of hydrogen-bond acceptors (Lipinski definition) is 4. The predicted molar refractivity (Wildman–Crippen MR) is 101 cm³/mol. The number of amides is 3. The third-order valence-corrected chi connectivity index (χ3v) is 3.56. The van der Waals surface area contributed by atoms with Gasteiger partial charge in [-0.25, -0.2) is 4.79 Å². The van der Waals surface area contributed by atoms with Crippen molar-refractivity contribution in [2.75, 3.05) is 38.0 Å². The van der Waals surface area contributed by atoms with E-state index in [-0.39, 0.29) is 5.91 Å². The summed E-state index contributed by atoms with van der Waals surface area (Å²) in [6.07, 6.45) is 0.716. The Bertz CT molecular complexity index is 749. The van der Waals surface area contributed by atoms with E-state index in [2.05, 4.69) is 16.0 Å². The van der Waals surface area contributed by atoms with E-state index in [0.717, 1.165) is 0 Å². The summed E-state index contributed by atoms with van der Waals surface area (Å²) >= 11 is 0. The van der Waals surface area contributed by atoms with E-state index in [9.17, 15) is 9.59 Å². The molecule has 2 aromatic rings. The minimum Gasteiger partial charge on any atom is -0.497 e. The normalized spacial score (nSPS) is 10.1. The Kier molecular flexibility index (Phi) is 7.45. The number of methoxy groups -OCH3 is 2. The van der Waals surface area contributed by atoms with Gasteiger partial charge in [-0.2, -0.15) is 0 Å². The largest absolute Gasteiger partial charge is 0.497 e. The highest BCUT2D eigenvalue weighted by Crippen LogP contribution is 2.18. The van der Waals surface area contributed by atoms with Crippen LogP contribution in [0.2, 0.25) is 0 Å². The summed E-state index contributed by atoms with van der Waals surface area (Å²) in [6, 6.07) is 13.4. The Morgan fingerprint density at radius 1 is 1.00 bits per heavy atom. The molecule has 138 valence electrons. The van der Waals surface area contributed by atoms with E-state index >= 15 is 0 Å². The number of carbonyl (C=O) groups excluding carboxylic acids is 2. The zero-order valence-corrected chi connectivity index (χ0v) is 14.9. The topological polar surface area (TPSA) is 88.7 Å². The van der Waals surface area contributed by atoms with Crippen LogP contribution in [0.4, 0.5) is 16.2 Å². The number of hydrogen-bond donors (Lipinski definition) is 3. The number of nitrogens with one attached hydrogen (secondary N) is 3. The van der Waals surface area contributed by atoms with Crippen LogP contribution in [0.3, 0.4) is 0 Å². The van der Waals surface area contributed by atoms with Gasteiger partial charge in [-0.1, -0.05) is 18.2 Å². The molecule has 2 rings (SSSR count). The molecule has 0 unspecified atom stereocenters. The van der Waals surface area contributed by atoms with E-state index in [1.165, 1.54) is 0 Å². The van der Waals surface area contributed by atoms with Crippen molar-refractivity contribution in [1.29, 1.82) is 0 Å². The Labute approximate surface area is 152 Å². The van der Waals surface area contributed by atoms with Crippen molar-refractivity contribution in [3.8, 4) is 5.75 Å². The number of anilines is 2. The first-order chi connectivity index (χ1) is 12.6. The number of para-hydroxylation sites is 1. The second kappa shape index (κ2) is 10.0. The van der Waals surface area contributed by atoms with Gasteiger partial charge in [0.15, 0.2) is 0 Å². The van der Waals surface area contributed by atoms with Gasteiger partial charge in [-0.15, -0.1) is 0 Å². The molecular weight excluding hydrogens is 334 g/mol. The standard InChI is InChI=1S/C19H23N3O4/c1-25-12-6-11-20-18(23)16-9-3-4-10-17(16)22-19(24)21-14-7-5-8-15(13-14)26-2/h3-5,7-10,13H,6,11-12H2,1-2H3,(H,20,23)(H2,21,22,24). The van der Waals surface area contributed by atoms with Crippen molar-refractivity contribution in [3.05, 3.63) is 54.1 Å². The fourth-order valence-electron chi connectivity index (χ4n) is 2.29. The van der Waals surface area contributed by atoms with Gasteiger partial charge in [-0.3, -0.25) is 4.79 Å². The zero-order chi connectivity index (χ0) is 18.8. The predicted octanol–water partition coefficient (Wildman–Crippen LogP) is 3.11. The van der Waals surface area contributed by atoms with Crippen LogP contribution in [0, 0.1) is 0 Å². The molecule has 0 aliphatic heterocycles. The van der Waals surface area contributed by atoms with E-state index in [0.29, 0.717) is 42.3 Å². The first kappa shape index (κ1) is 19.3. The molecule has 0 aromatic heterocycles. The molecule has 0 saturated carbocycles. The smallest absolute Gasteiger partial charge is 0.323 e. The fourth-order valence-corrected chi connectivity index (χ4v) is 2.29. The molecule has 0 saturated heterocycles. The summed E-state index contributed by atoms with van der Waals surface area (Å²) in [4.78, 5) is 24.6. The van der Waals surface area contributed by atoms with E-state index in [1.54, 1.807) is 62.8 Å². The summed E-state index contributed by atoms with van der Waals surface area (Å²) in [7, 11) is 3.17. The molecule has 2 aromatic carbocycles. The molecule has 0 bridgehead atoms. The third kappa shape index (κ3) is 5.78. The number of carbonyl (C=O) groups is 2. The number of rotatable bonds is 8. The second-order valence-corrected chi connectivity index (χ2v) is 5.46. The van der Waals surface area contributed by atoms with Crippen LogP contribution in [0.1, 0.15) is 16.8 Å². The molecule has 0 aliphatic carbocycles. The first-order valence-electron chi connectivity index (χ1n) is 8.22. The average molecular weight is 357 g/mol. The van der Waals surface area contributed by atoms with Crippen molar-refractivity contribution < 1.29 is 19.1 Å². The summed E-state index contributed by atoms with van der Waals surface area (Å²) in [5, 5.41) is 8.22. The number of benzene rings is 2. The molecule has 0 fully saturated rings. The van der Waals surface area contributed by atoms with Crippen LogP contribution >= 0.6 is 0 Å². The van der Waals surface area contributed by atoms with Gasteiger partial charge < -0.3 is 25.4 Å². The van der Waals surface area contributed by atoms with Crippen LogP contribution in [0.5, 0.6) is 5.75 Å². The van der Waals surface area contributed by atoms with Crippen LogP contribution in [0.15, 0.2) is 48.5 Å². The van der Waals surface area contributed by atoms with Gasteiger partial charge in [0, 0.05) is 32.0 Å². The monoisotopic (exact) mass is 357 g/mol. The lowest BCUT2D eigenvalue weighted by atomic mass is 10.1. The highest BCUT2D eigenvalue weighted by atomic mass is 16.5. The Hall–Kier alpha value is -3.06.